The molecule has 0 bridgehead atoms. The van der Waals surface area contributed by atoms with E-state index in [1.54, 1.807) is 0 Å². The first-order valence-electron chi connectivity index (χ1n) is 49.6. The number of unbranched alkanes of at least 4 members (excludes halogenated alkanes) is 47. The van der Waals surface area contributed by atoms with E-state index in [0.717, 1.165) is 172 Å². The molecule has 0 amide bonds. The lowest BCUT2D eigenvalue weighted by atomic mass is 9.92. The van der Waals surface area contributed by atoms with Gasteiger partial charge in [0.15, 0.2) is 23.0 Å². The topological polar surface area (TPSA) is 93.4 Å². The van der Waals surface area contributed by atoms with Gasteiger partial charge in [0.2, 0.25) is 0 Å². The molecule has 2 unspecified atom stereocenters. The molecule has 4 heterocycles. The van der Waals surface area contributed by atoms with E-state index in [-0.39, 0.29) is 0 Å². The van der Waals surface area contributed by atoms with Crippen LogP contribution in [-0.2, 0) is 19.4 Å². The molecule has 2 atom stereocenters. The van der Waals surface area contributed by atoms with Crippen molar-refractivity contribution < 1.29 is 18.9 Å². The molecular weight excluding hydrogens is 1610 g/mol. The zero-order chi connectivity index (χ0) is 83.0. The molecule has 13 heteroatoms. The highest BCUT2D eigenvalue weighted by atomic mass is 79.9. The van der Waals surface area contributed by atoms with E-state index in [0.29, 0.717) is 38.3 Å². The predicted molar refractivity (Wildman–Crippen MR) is 519 cm³/mol. The zero-order valence-electron chi connectivity index (χ0n) is 76.2. The Hall–Kier alpha value is -4.04. The van der Waals surface area contributed by atoms with Crippen molar-refractivity contribution in [2.45, 2.75) is 454 Å². The van der Waals surface area contributed by atoms with Crippen LogP contribution in [0, 0.1) is 11.8 Å². The lowest BCUT2D eigenvalue weighted by Crippen LogP contribution is -2.05. The summed E-state index contributed by atoms with van der Waals surface area (Å²) in [4.78, 5) is 16.9. The molecule has 0 saturated carbocycles. The van der Waals surface area contributed by atoms with Crippen LogP contribution in [0.1, 0.15) is 446 Å². The Bertz CT molecular complexity index is 3470. The van der Waals surface area contributed by atoms with Crippen molar-refractivity contribution in [3.8, 4) is 66.4 Å². The highest BCUT2D eigenvalue weighted by Gasteiger charge is 2.30. The van der Waals surface area contributed by atoms with Gasteiger partial charge >= 0.3 is 0 Å². The van der Waals surface area contributed by atoms with Crippen LogP contribution < -0.4 is 18.9 Å². The minimum Gasteiger partial charge on any atom is -0.490 e. The molecule has 4 aromatic heterocycles. The van der Waals surface area contributed by atoms with Gasteiger partial charge in [-0.1, -0.05) is 403 Å². The summed E-state index contributed by atoms with van der Waals surface area (Å²) in [6.07, 6.45) is 75.3. The van der Waals surface area contributed by atoms with Crippen LogP contribution >= 0.6 is 54.5 Å². The van der Waals surface area contributed by atoms with E-state index >= 15 is 0 Å². The maximum Gasteiger partial charge on any atom is 0.161 e. The second kappa shape index (κ2) is 63.0. The number of hydrogen-bond acceptors (Lipinski definition) is 10. The normalized spacial score (nSPS) is 12.3. The van der Waals surface area contributed by atoms with E-state index < -0.39 is 0 Å². The first kappa shape index (κ1) is 100. The minimum atomic E-state index is 0.586. The summed E-state index contributed by atoms with van der Waals surface area (Å²) >= 11 is 12.1. The Kier molecular flexibility index (Phi) is 53.8. The van der Waals surface area contributed by atoms with Crippen molar-refractivity contribution in [1.82, 2.24) is 25.0 Å². The number of nitrogens with zero attached hydrogens (tertiary/aromatic N) is 5. The van der Waals surface area contributed by atoms with E-state index in [4.69, 9.17) is 39.1 Å². The molecule has 0 saturated heterocycles. The van der Waals surface area contributed by atoms with Gasteiger partial charge in [0.1, 0.15) is 22.1 Å². The summed E-state index contributed by atoms with van der Waals surface area (Å²) < 4.78 is 30.4. The number of rotatable bonds is 75. The van der Waals surface area contributed by atoms with Gasteiger partial charge in [0.25, 0.3) is 0 Å². The van der Waals surface area contributed by atoms with Crippen LogP contribution in [0.3, 0.4) is 0 Å². The monoisotopic (exact) mass is 1770 g/mol. The smallest absolute Gasteiger partial charge is 0.161 e. The number of halogens is 2. The molecule has 9 nitrogen and oxygen atoms in total. The maximum absolute atomic E-state index is 7.11. The van der Waals surface area contributed by atoms with Crippen molar-refractivity contribution in [1.29, 1.82) is 0 Å². The SMILES string of the molecule is CCCCCCCCCCCCOc1ccc(-c2nc3c(-c4cc(CC(CC)CCCC)c(Br)s4)c4nn(CCCCCCCCCCCC)nc4c(-c4cc(CC(CC)CCCC)c(Br)s4)c3nc2-c2ccc(OCCCCCCCCCCCC)c(OCCCCCCCCCCCC)c2)cc1OCCCCCCCCCCCC. The summed E-state index contributed by atoms with van der Waals surface area (Å²) in [6, 6.07) is 18.3. The molecule has 7 rings (SSSR count). The number of ether oxygens (including phenoxy) is 4. The van der Waals surface area contributed by atoms with Gasteiger partial charge in [-0.15, -0.1) is 22.7 Å². The second-order valence-electron chi connectivity index (χ2n) is 35.0. The number of thiophene rings is 2. The maximum atomic E-state index is 7.11. The third-order valence-electron chi connectivity index (χ3n) is 24.8. The minimum absolute atomic E-state index is 0.586. The van der Waals surface area contributed by atoms with Crippen LogP contribution in [0.25, 0.3) is 65.5 Å². The van der Waals surface area contributed by atoms with Crippen molar-refractivity contribution in [3.63, 3.8) is 0 Å². The van der Waals surface area contributed by atoms with E-state index in [2.05, 4.69) is 143 Å². The molecule has 0 radical (unpaired) electrons. The molecule has 117 heavy (non-hydrogen) atoms. The zero-order valence-corrected chi connectivity index (χ0v) is 81.0. The Morgan fingerprint density at radius 3 is 0.846 bits per heavy atom. The lowest BCUT2D eigenvalue weighted by Gasteiger charge is -2.19. The summed E-state index contributed by atoms with van der Waals surface area (Å²) in [6.45, 7) is 24.2. The molecule has 0 fully saturated rings. The molecule has 0 aliphatic rings. The van der Waals surface area contributed by atoms with Gasteiger partial charge in [-0.25, -0.2) is 9.97 Å². The third kappa shape index (κ3) is 37.5. The van der Waals surface area contributed by atoms with Crippen LogP contribution in [0.15, 0.2) is 56.1 Å². The highest BCUT2D eigenvalue weighted by Crippen LogP contribution is 2.51. The Morgan fingerprint density at radius 2 is 0.564 bits per heavy atom. The van der Waals surface area contributed by atoms with E-state index in [1.807, 2.05) is 27.5 Å². The Balaban J connectivity index is 1.44. The fraction of sp³-hybridized carbons (Fsp3) is 0.731. The number of aromatic nitrogens is 5. The Morgan fingerprint density at radius 1 is 0.299 bits per heavy atom. The predicted octanol–water partition coefficient (Wildman–Crippen LogP) is 36.3. The number of hydrogen-bond donors (Lipinski definition) is 0. The van der Waals surface area contributed by atoms with Crippen LogP contribution in [0.5, 0.6) is 23.0 Å². The van der Waals surface area contributed by atoms with Gasteiger partial charge < -0.3 is 18.9 Å². The fourth-order valence-corrected chi connectivity index (χ4v) is 20.6. The molecule has 7 aromatic rings. The van der Waals surface area contributed by atoms with Gasteiger partial charge in [0.05, 0.1) is 51.9 Å². The standard InChI is InChI=1S/C104H167Br2N5O4S2/c1-10-19-26-31-36-41-46-51-56-61-72-111-109-101-95(93-81-87(103(105)116-93)77-83(17-8)66-24-15-6)99-100(96(102(101)110-111)94-82-88(104(106)117-94)78-84(18-9)67-25-16-7)108-98(86-69-71-90(113-74-63-58-53-48-43-38-33-28-21-12-3)92(80-86)115-76-65-60-55-50-45-40-35-30-23-14-5)97(107-99)85-68-70-89(112-73-62-57-52-47-42-37-32-27-20-11-2)91(79-85)114-75-64-59-54-49-44-39-34-29-22-13-4/h68-71,79-84H,10-67,72-78H2,1-9H3. The Labute approximate surface area is 740 Å². The molecule has 3 aromatic carbocycles. The molecule has 0 spiro atoms. The largest absolute Gasteiger partial charge is 0.490 e. The molecule has 658 valence electrons. The highest BCUT2D eigenvalue weighted by molar-refractivity contribution is 9.11. The molecule has 0 aliphatic carbocycles. The average molecular weight is 1780 g/mol. The molecule has 0 aliphatic heterocycles. The van der Waals surface area contributed by atoms with Crippen molar-refractivity contribution in [2.75, 3.05) is 26.4 Å². The summed E-state index contributed by atoms with van der Waals surface area (Å²) in [5, 5.41) is 11.5. The van der Waals surface area contributed by atoms with Crippen molar-refractivity contribution in [2.24, 2.45) is 11.8 Å². The summed E-state index contributed by atoms with van der Waals surface area (Å²) in [5.74, 6) is 4.31. The summed E-state index contributed by atoms with van der Waals surface area (Å²) in [5.41, 5.74) is 11.6. The third-order valence-corrected chi connectivity index (χ3v) is 28.7. The fourth-order valence-electron chi connectivity index (χ4n) is 17.1. The second-order valence-corrected chi connectivity index (χ2v) is 39.8. The first-order chi connectivity index (χ1) is 57.6. The van der Waals surface area contributed by atoms with E-state index in [9.17, 15) is 0 Å². The summed E-state index contributed by atoms with van der Waals surface area (Å²) in [7, 11) is 0. The van der Waals surface area contributed by atoms with Gasteiger partial charge in [-0.2, -0.15) is 15.0 Å². The van der Waals surface area contributed by atoms with Gasteiger partial charge in [-0.05, 0) is 148 Å². The van der Waals surface area contributed by atoms with Gasteiger partial charge in [-0.3, -0.25) is 0 Å². The number of benzene rings is 3. The van der Waals surface area contributed by atoms with Gasteiger partial charge in [0, 0.05) is 32.0 Å². The molecule has 0 N–H and O–H groups in total. The van der Waals surface area contributed by atoms with Crippen molar-refractivity contribution in [3.05, 3.63) is 67.2 Å². The quantitative estimate of drug-likeness (QED) is 0.0348. The number of aryl methyl sites for hydroxylation is 1. The molecular formula is C104H167Br2N5O4S2. The lowest BCUT2D eigenvalue weighted by molar-refractivity contribution is 0.258. The van der Waals surface area contributed by atoms with E-state index in [1.165, 1.54) is 327 Å². The first-order valence-corrected chi connectivity index (χ1v) is 52.8. The number of fused-ring (bicyclic) bond motifs is 2. The average Bonchev–Trinajstić information content (AvgIpc) is 1.64. The van der Waals surface area contributed by atoms with Crippen LogP contribution in [0.2, 0.25) is 0 Å². The van der Waals surface area contributed by atoms with Crippen LogP contribution in [0.4, 0.5) is 0 Å². The van der Waals surface area contributed by atoms with Crippen LogP contribution in [-0.4, -0.2) is 51.4 Å². The van der Waals surface area contributed by atoms with Crippen molar-refractivity contribution >= 4 is 76.6 Å².